The number of carbonyl (C=O) groups is 3. The van der Waals surface area contributed by atoms with Crippen LogP contribution in [0, 0.1) is 5.92 Å². The van der Waals surface area contributed by atoms with E-state index in [1.165, 1.54) is 0 Å². The highest BCUT2D eigenvalue weighted by Crippen LogP contribution is 2.25. The molecule has 0 aliphatic carbocycles. The monoisotopic (exact) mass is 384 g/mol. The van der Waals surface area contributed by atoms with Crippen molar-refractivity contribution in [2.45, 2.75) is 0 Å². The summed E-state index contributed by atoms with van der Waals surface area (Å²) >= 11 is 6.02. The summed E-state index contributed by atoms with van der Waals surface area (Å²) in [4.78, 5) is 38.4. The SMILES string of the molecule is O=C(c1ccc(-c2cccc(Cl)c2)cc1)N1CC(CN2C(=O)COC2=O)C1. The van der Waals surface area contributed by atoms with E-state index in [0.29, 0.717) is 30.2 Å². The van der Waals surface area contributed by atoms with E-state index < -0.39 is 6.09 Å². The van der Waals surface area contributed by atoms with Crippen molar-refractivity contribution in [1.29, 1.82) is 0 Å². The van der Waals surface area contributed by atoms with E-state index in [0.717, 1.165) is 16.0 Å². The smallest absolute Gasteiger partial charge is 0.417 e. The summed E-state index contributed by atoms with van der Waals surface area (Å²) < 4.78 is 4.69. The van der Waals surface area contributed by atoms with Gasteiger partial charge in [-0.05, 0) is 35.4 Å². The molecular formula is C20H17ClN2O4. The first kappa shape index (κ1) is 17.5. The lowest BCUT2D eigenvalue weighted by molar-refractivity contribution is -0.126. The summed E-state index contributed by atoms with van der Waals surface area (Å²) in [6, 6.07) is 14.9. The average Bonchev–Trinajstić information content (AvgIpc) is 2.95. The van der Waals surface area contributed by atoms with Crippen LogP contribution in [0.4, 0.5) is 4.79 Å². The van der Waals surface area contributed by atoms with Gasteiger partial charge in [0.1, 0.15) is 0 Å². The van der Waals surface area contributed by atoms with Crippen molar-refractivity contribution in [2.75, 3.05) is 26.2 Å². The van der Waals surface area contributed by atoms with Crippen LogP contribution >= 0.6 is 11.6 Å². The number of hydrogen-bond donors (Lipinski definition) is 0. The van der Waals surface area contributed by atoms with Crippen molar-refractivity contribution in [1.82, 2.24) is 9.80 Å². The molecule has 0 N–H and O–H groups in total. The summed E-state index contributed by atoms with van der Waals surface area (Å²) in [5, 5.41) is 0.666. The van der Waals surface area contributed by atoms with E-state index in [9.17, 15) is 14.4 Å². The lowest BCUT2D eigenvalue weighted by Gasteiger charge is -2.40. The minimum atomic E-state index is -0.596. The number of ether oxygens (including phenoxy) is 1. The lowest BCUT2D eigenvalue weighted by atomic mass is 9.97. The van der Waals surface area contributed by atoms with E-state index in [1.807, 2.05) is 36.4 Å². The van der Waals surface area contributed by atoms with Crippen LogP contribution in [-0.4, -0.2) is 53.9 Å². The van der Waals surface area contributed by atoms with Crippen molar-refractivity contribution in [3.8, 4) is 11.1 Å². The Morgan fingerprint density at radius 2 is 1.81 bits per heavy atom. The number of carbonyl (C=O) groups excluding carboxylic acids is 3. The van der Waals surface area contributed by atoms with Crippen LogP contribution in [0.3, 0.4) is 0 Å². The third-order valence-electron chi connectivity index (χ3n) is 4.82. The summed E-state index contributed by atoms with van der Waals surface area (Å²) in [6.45, 7) is 1.15. The third kappa shape index (κ3) is 3.53. The van der Waals surface area contributed by atoms with Gasteiger partial charge in [-0.15, -0.1) is 0 Å². The van der Waals surface area contributed by atoms with Crippen LogP contribution in [0.25, 0.3) is 11.1 Å². The van der Waals surface area contributed by atoms with Gasteiger partial charge in [0, 0.05) is 36.1 Å². The minimum Gasteiger partial charge on any atom is -0.439 e. The predicted octanol–water partition coefficient (Wildman–Crippen LogP) is 3.06. The Morgan fingerprint density at radius 1 is 1.07 bits per heavy atom. The number of nitrogens with zero attached hydrogens (tertiary/aromatic N) is 2. The normalized spacial score (nSPS) is 17.1. The van der Waals surface area contributed by atoms with Gasteiger partial charge in [0.15, 0.2) is 6.61 Å². The van der Waals surface area contributed by atoms with Crippen LogP contribution in [0.5, 0.6) is 0 Å². The standard InChI is InChI=1S/C20H17ClN2O4/c21-17-3-1-2-16(8-17)14-4-6-15(7-5-14)19(25)22-9-13(10-22)11-23-18(24)12-27-20(23)26/h1-8,13H,9-12H2. The van der Waals surface area contributed by atoms with Gasteiger partial charge in [0.2, 0.25) is 0 Å². The fraction of sp³-hybridized carbons (Fsp3) is 0.250. The molecule has 0 saturated carbocycles. The Bertz CT molecular complexity index is 890. The Balaban J connectivity index is 1.35. The molecule has 0 spiro atoms. The second kappa shape index (κ2) is 7.04. The van der Waals surface area contributed by atoms with Crippen LogP contribution in [-0.2, 0) is 9.53 Å². The van der Waals surface area contributed by atoms with Gasteiger partial charge in [-0.1, -0.05) is 35.9 Å². The van der Waals surface area contributed by atoms with Crippen molar-refractivity contribution >= 4 is 29.5 Å². The van der Waals surface area contributed by atoms with Crippen molar-refractivity contribution in [3.63, 3.8) is 0 Å². The molecule has 0 aromatic heterocycles. The molecule has 138 valence electrons. The fourth-order valence-corrected chi connectivity index (χ4v) is 3.51. The van der Waals surface area contributed by atoms with E-state index >= 15 is 0 Å². The second-order valence-corrected chi connectivity index (χ2v) is 7.16. The number of likely N-dealkylation sites (tertiary alicyclic amines) is 1. The molecule has 7 heteroatoms. The Labute approximate surface area is 161 Å². The highest BCUT2D eigenvalue weighted by atomic mass is 35.5. The summed E-state index contributed by atoms with van der Waals surface area (Å²) in [6.07, 6.45) is -0.596. The molecule has 2 aliphatic rings. The third-order valence-corrected chi connectivity index (χ3v) is 5.05. The number of amides is 3. The van der Waals surface area contributed by atoms with Crippen molar-refractivity contribution in [3.05, 3.63) is 59.1 Å². The summed E-state index contributed by atoms with van der Waals surface area (Å²) in [5.74, 6) is -0.283. The first-order valence-electron chi connectivity index (χ1n) is 8.63. The molecular weight excluding hydrogens is 368 g/mol. The van der Waals surface area contributed by atoms with Crippen molar-refractivity contribution in [2.24, 2.45) is 5.92 Å². The number of rotatable bonds is 4. The molecule has 4 rings (SSSR count). The summed E-state index contributed by atoms with van der Waals surface area (Å²) in [7, 11) is 0. The zero-order chi connectivity index (χ0) is 19.0. The molecule has 3 amide bonds. The van der Waals surface area contributed by atoms with Gasteiger partial charge in [-0.3, -0.25) is 9.59 Å². The highest BCUT2D eigenvalue weighted by molar-refractivity contribution is 6.30. The first-order valence-corrected chi connectivity index (χ1v) is 9.01. The molecule has 0 radical (unpaired) electrons. The lowest BCUT2D eigenvalue weighted by Crippen LogP contribution is -2.54. The molecule has 2 aromatic rings. The highest BCUT2D eigenvalue weighted by Gasteiger charge is 2.38. The van der Waals surface area contributed by atoms with E-state index in [2.05, 4.69) is 0 Å². The summed E-state index contributed by atoms with van der Waals surface area (Å²) in [5.41, 5.74) is 2.59. The Hall–Kier alpha value is -2.86. The van der Waals surface area contributed by atoms with Gasteiger partial charge < -0.3 is 9.64 Å². The van der Waals surface area contributed by atoms with Gasteiger partial charge in [-0.2, -0.15) is 0 Å². The van der Waals surface area contributed by atoms with E-state index in [1.54, 1.807) is 17.0 Å². The zero-order valence-electron chi connectivity index (χ0n) is 14.4. The molecule has 2 saturated heterocycles. The number of benzene rings is 2. The average molecular weight is 385 g/mol. The van der Waals surface area contributed by atoms with E-state index in [4.69, 9.17) is 16.3 Å². The fourth-order valence-electron chi connectivity index (χ4n) is 3.32. The quantitative estimate of drug-likeness (QED) is 0.812. The van der Waals surface area contributed by atoms with Crippen LogP contribution in [0.2, 0.25) is 5.02 Å². The number of hydrogen-bond acceptors (Lipinski definition) is 4. The maximum atomic E-state index is 12.6. The van der Waals surface area contributed by atoms with Gasteiger partial charge in [-0.25, -0.2) is 9.69 Å². The second-order valence-electron chi connectivity index (χ2n) is 6.72. The van der Waals surface area contributed by atoms with Gasteiger partial charge in [0.25, 0.3) is 11.8 Å². The molecule has 2 fully saturated rings. The zero-order valence-corrected chi connectivity index (χ0v) is 15.2. The van der Waals surface area contributed by atoms with Gasteiger partial charge >= 0.3 is 6.09 Å². The van der Waals surface area contributed by atoms with Gasteiger partial charge in [0.05, 0.1) is 0 Å². The molecule has 27 heavy (non-hydrogen) atoms. The number of cyclic esters (lactones) is 1. The molecule has 2 aromatic carbocycles. The molecule has 0 atom stereocenters. The van der Waals surface area contributed by atoms with Crippen LogP contribution < -0.4 is 0 Å². The van der Waals surface area contributed by atoms with Crippen LogP contribution in [0.15, 0.2) is 48.5 Å². The number of imide groups is 1. The Morgan fingerprint density at radius 3 is 2.44 bits per heavy atom. The van der Waals surface area contributed by atoms with E-state index in [-0.39, 0.29) is 24.3 Å². The molecule has 6 nitrogen and oxygen atoms in total. The predicted molar refractivity (Wildman–Crippen MR) is 99.3 cm³/mol. The van der Waals surface area contributed by atoms with Crippen molar-refractivity contribution < 1.29 is 19.1 Å². The first-order chi connectivity index (χ1) is 13.0. The molecule has 0 bridgehead atoms. The molecule has 2 aliphatic heterocycles. The maximum absolute atomic E-state index is 12.6. The largest absolute Gasteiger partial charge is 0.439 e. The Kier molecular flexibility index (Phi) is 4.58. The van der Waals surface area contributed by atoms with Crippen LogP contribution in [0.1, 0.15) is 10.4 Å². The molecule has 0 unspecified atom stereocenters. The molecule has 2 heterocycles. The minimum absolute atomic E-state index is 0.0563. The maximum Gasteiger partial charge on any atom is 0.417 e. The number of halogens is 1. The topological polar surface area (TPSA) is 66.9 Å².